The van der Waals surface area contributed by atoms with Crippen molar-refractivity contribution in [1.82, 2.24) is 5.32 Å². The van der Waals surface area contributed by atoms with Gasteiger partial charge < -0.3 is 10.1 Å². The van der Waals surface area contributed by atoms with Crippen LogP contribution >= 0.6 is 0 Å². The van der Waals surface area contributed by atoms with E-state index in [1.807, 2.05) is 7.11 Å². The van der Waals surface area contributed by atoms with Crippen LogP contribution in [0.25, 0.3) is 0 Å². The van der Waals surface area contributed by atoms with Crippen LogP contribution in [0.15, 0.2) is 0 Å². The summed E-state index contributed by atoms with van der Waals surface area (Å²) >= 11 is 0. The molecule has 0 aliphatic rings. The molecule has 2 nitrogen and oxygen atoms in total. The molecule has 2 heteroatoms. The highest BCUT2D eigenvalue weighted by atomic mass is 16.5. The minimum absolute atomic E-state index is 0.197. The smallest absolute Gasteiger partial charge is 0.0549 e. The second-order valence-corrected chi connectivity index (χ2v) is 6.81. The predicted octanol–water partition coefficient (Wildman–Crippen LogP) is 4.39. The molecule has 110 valence electrons. The van der Waals surface area contributed by atoms with Crippen LogP contribution in [0.5, 0.6) is 0 Å². The minimum atomic E-state index is 0.197. The molecule has 0 heterocycles. The van der Waals surface area contributed by atoms with Gasteiger partial charge in [-0.15, -0.1) is 0 Å². The molecule has 0 aliphatic heterocycles. The summed E-state index contributed by atoms with van der Waals surface area (Å²) in [6.45, 7) is 14.6. The Bertz CT molecular complexity index is 210. The lowest BCUT2D eigenvalue weighted by Crippen LogP contribution is -2.45. The second kappa shape index (κ2) is 8.16. The standard InChI is InChI=1S/C16H35NO/c1-8-10-11-16(9-2,12-14(3)18-7)13-17-15(4,5)6/h14,17H,8-13H2,1-7H3. The van der Waals surface area contributed by atoms with Gasteiger partial charge in [-0.3, -0.25) is 0 Å². The van der Waals surface area contributed by atoms with E-state index in [1.165, 1.54) is 25.7 Å². The van der Waals surface area contributed by atoms with Crippen molar-refractivity contribution < 1.29 is 4.74 Å². The van der Waals surface area contributed by atoms with Gasteiger partial charge in [-0.05, 0) is 52.4 Å². The van der Waals surface area contributed by atoms with Gasteiger partial charge in [0.05, 0.1) is 6.10 Å². The first kappa shape index (κ1) is 17.9. The lowest BCUT2D eigenvalue weighted by molar-refractivity contribution is 0.0530. The van der Waals surface area contributed by atoms with Crippen molar-refractivity contribution in [2.75, 3.05) is 13.7 Å². The Kier molecular flexibility index (Phi) is 8.13. The Labute approximate surface area is 115 Å². The van der Waals surface area contributed by atoms with Crippen molar-refractivity contribution in [3.8, 4) is 0 Å². The maximum absolute atomic E-state index is 5.49. The zero-order chi connectivity index (χ0) is 14.2. The fraction of sp³-hybridized carbons (Fsp3) is 1.00. The average molecular weight is 257 g/mol. The largest absolute Gasteiger partial charge is 0.382 e. The Morgan fingerprint density at radius 3 is 2.17 bits per heavy atom. The van der Waals surface area contributed by atoms with Crippen LogP contribution in [-0.4, -0.2) is 25.3 Å². The van der Waals surface area contributed by atoms with Crippen LogP contribution in [0.2, 0.25) is 0 Å². The molecule has 0 fully saturated rings. The molecule has 0 bridgehead atoms. The van der Waals surface area contributed by atoms with Crippen LogP contribution in [0.3, 0.4) is 0 Å². The Hall–Kier alpha value is -0.0800. The molecule has 2 unspecified atom stereocenters. The first-order chi connectivity index (χ1) is 8.28. The highest BCUT2D eigenvalue weighted by Gasteiger charge is 2.30. The van der Waals surface area contributed by atoms with Crippen molar-refractivity contribution in [3.05, 3.63) is 0 Å². The number of rotatable bonds is 9. The molecular formula is C16H35NO. The molecule has 0 amide bonds. The minimum Gasteiger partial charge on any atom is -0.382 e. The van der Waals surface area contributed by atoms with E-state index in [0.717, 1.165) is 13.0 Å². The third-order valence-corrected chi connectivity index (χ3v) is 3.93. The number of hydrogen-bond donors (Lipinski definition) is 1. The molecule has 0 rings (SSSR count). The van der Waals surface area contributed by atoms with Crippen LogP contribution in [0.1, 0.15) is 73.6 Å². The summed E-state index contributed by atoms with van der Waals surface area (Å²) in [7, 11) is 1.82. The lowest BCUT2D eigenvalue weighted by Gasteiger charge is -2.38. The first-order valence-electron chi connectivity index (χ1n) is 7.56. The zero-order valence-electron chi connectivity index (χ0n) is 13.7. The fourth-order valence-corrected chi connectivity index (χ4v) is 2.41. The highest BCUT2D eigenvalue weighted by molar-refractivity contribution is 4.85. The van der Waals surface area contributed by atoms with Gasteiger partial charge in [0.15, 0.2) is 0 Å². The van der Waals surface area contributed by atoms with E-state index < -0.39 is 0 Å². The van der Waals surface area contributed by atoms with Crippen LogP contribution < -0.4 is 5.32 Å². The number of ether oxygens (including phenoxy) is 1. The molecule has 0 radical (unpaired) electrons. The van der Waals surface area contributed by atoms with E-state index in [1.54, 1.807) is 0 Å². The van der Waals surface area contributed by atoms with E-state index in [0.29, 0.717) is 11.5 Å². The summed E-state index contributed by atoms with van der Waals surface area (Å²) in [4.78, 5) is 0. The summed E-state index contributed by atoms with van der Waals surface area (Å²) in [6.07, 6.45) is 6.63. The summed E-state index contributed by atoms with van der Waals surface area (Å²) in [5.74, 6) is 0. The van der Waals surface area contributed by atoms with E-state index in [2.05, 4.69) is 46.9 Å². The first-order valence-corrected chi connectivity index (χ1v) is 7.56. The lowest BCUT2D eigenvalue weighted by atomic mass is 9.75. The highest BCUT2D eigenvalue weighted by Crippen LogP contribution is 2.34. The molecule has 0 aliphatic carbocycles. The van der Waals surface area contributed by atoms with Crippen molar-refractivity contribution in [2.45, 2.75) is 85.3 Å². The van der Waals surface area contributed by atoms with E-state index >= 15 is 0 Å². The topological polar surface area (TPSA) is 21.3 Å². The molecule has 0 saturated carbocycles. The molecule has 2 atom stereocenters. The third kappa shape index (κ3) is 7.38. The monoisotopic (exact) mass is 257 g/mol. The van der Waals surface area contributed by atoms with E-state index in [-0.39, 0.29) is 5.54 Å². The van der Waals surface area contributed by atoms with Gasteiger partial charge in [0, 0.05) is 19.2 Å². The number of hydrogen-bond acceptors (Lipinski definition) is 2. The van der Waals surface area contributed by atoms with Gasteiger partial charge in [0.25, 0.3) is 0 Å². The third-order valence-electron chi connectivity index (χ3n) is 3.93. The van der Waals surface area contributed by atoms with Gasteiger partial charge in [0.2, 0.25) is 0 Å². The molecule has 0 saturated heterocycles. The van der Waals surface area contributed by atoms with Gasteiger partial charge >= 0.3 is 0 Å². The average Bonchev–Trinajstić information content (AvgIpc) is 2.31. The maximum Gasteiger partial charge on any atom is 0.0549 e. The normalized spacial score (nSPS) is 17.5. The predicted molar refractivity (Wildman–Crippen MR) is 81.1 cm³/mol. The summed E-state index contributed by atoms with van der Waals surface area (Å²) < 4.78 is 5.49. The van der Waals surface area contributed by atoms with Gasteiger partial charge in [-0.25, -0.2) is 0 Å². The summed E-state index contributed by atoms with van der Waals surface area (Å²) in [5, 5.41) is 3.70. The molecule has 0 aromatic heterocycles. The molecular weight excluding hydrogens is 222 g/mol. The van der Waals surface area contributed by atoms with Crippen LogP contribution in [0.4, 0.5) is 0 Å². The Morgan fingerprint density at radius 2 is 1.78 bits per heavy atom. The van der Waals surface area contributed by atoms with Crippen molar-refractivity contribution in [1.29, 1.82) is 0 Å². The number of methoxy groups -OCH3 is 1. The number of unbranched alkanes of at least 4 members (excludes halogenated alkanes) is 1. The van der Waals surface area contributed by atoms with Crippen molar-refractivity contribution in [2.24, 2.45) is 5.41 Å². The molecule has 1 N–H and O–H groups in total. The molecule has 18 heavy (non-hydrogen) atoms. The van der Waals surface area contributed by atoms with Crippen molar-refractivity contribution >= 4 is 0 Å². The number of nitrogens with one attached hydrogen (secondary N) is 1. The maximum atomic E-state index is 5.49. The van der Waals surface area contributed by atoms with Crippen molar-refractivity contribution in [3.63, 3.8) is 0 Å². The van der Waals surface area contributed by atoms with Crippen LogP contribution in [0, 0.1) is 5.41 Å². The van der Waals surface area contributed by atoms with Gasteiger partial charge in [0.1, 0.15) is 0 Å². The van der Waals surface area contributed by atoms with Gasteiger partial charge in [-0.1, -0.05) is 26.7 Å². The van der Waals surface area contributed by atoms with E-state index in [9.17, 15) is 0 Å². The zero-order valence-corrected chi connectivity index (χ0v) is 13.7. The van der Waals surface area contributed by atoms with Crippen LogP contribution in [-0.2, 0) is 4.74 Å². The summed E-state index contributed by atoms with van der Waals surface area (Å²) in [6, 6.07) is 0. The molecule has 0 spiro atoms. The molecule has 0 aromatic carbocycles. The molecule has 0 aromatic rings. The quantitative estimate of drug-likeness (QED) is 0.661. The van der Waals surface area contributed by atoms with E-state index in [4.69, 9.17) is 4.74 Å². The Morgan fingerprint density at radius 1 is 1.17 bits per heavy atom. The SMILES string of the molecule is CCCCC(CC)(CNC(C)(C)C)CC(C)OC. The second-order valence-electron chi connectivity index (χ2n) is 6.81. The van der Waals surface area contributed by atoms with Gasteiger partial charge in [-0.2, -0.15) is 0 Å². The summed E-state index contributed by atoms with van der Waals surface area (Å²) in [5.41, 5.74) is 0.585. The fourth-order valence-electron chi connectivity index (χ4n) is 2.41. The Balaban J connectivity index is 4.63.